The van der Waals surface area contributed by atoms with Crippen molar-refractivity contribution in [2.75, 3.05) is 50.4 Å². The maximum absolute atomic E-state index is 12.1. The molecule has 0 unspecified atom stereocenters. The zero-order valence-electron chi connectivity index (χ0n) is 13.5. The molecule has 1 amide bonds. The first-order chi connectivity index (χ1) is 11.3. The van der Waals surface area contributed by atoms with Crippen LogP contribution in [0.15, 0.2) is 18.2 Å². The van der Waals surface area contributed by atoms with Crippen LogP contribution in [-0.4, -0.2) is 64.9 Å². The van der Waals surface area contributed by atoms with E-state index in [1.54, 1.807) is 0 Å². The third-order valence-corrected chi connectivity index (χ3v) is 4.48. The molecule has 1 aliphatic heterocycles. The number of hydrogen-bond donors (Lipinski definition) is 2. The Balaban J connectivity index is 1.81. The van der Waals surface area contributed by atoms with E-state index in [-0.39, 0.29) is 10.9 Å². The molecule has 2 N–H and O–H groups in total. The lowest BCUT2D eigenvalue weighted by Gasteiger charge is -2.26. The van der Waals surface area contributed by atoms with Crippen LogP contribution in [0.2, 0.25) is 5.02 Å². The molecular formula is C15H22ClN3O4S. The topological polar surface area (TPSA) is 87.7 Å². The third kappa shape index (κ3) is 6.27. The van der Waals surface area contributed by atoms with Crippen molar-refractivity contribution in [2.24, 2.45) is 0 Å². The molecule has 24 heavy (non-hydrogen) atoms. The molecule has 1 fully saturated rings. The predicted molar refractivity (Wildman–Crippen MR) is 94.1 cm³/mol. The quantitative estimate of drug-likeness (QED) is 0.698. The molecule has 0 bridgehead atoms. The van der Waals surface area contributed by atoms with Crippen LogP contribution in [-0.2, 0) is 14.8 Å². The maximum atomic E-state index is 12.1. The first kappa shape index (κ1) is 19.0. The van der Waals surface area contributed by atoms with Crippen LogP contribution in [0.3, 0.4) is 0 Å². The summed E-state index contributed by atoms with van der Waals surface area (Å²) in [5.41, 5.74) is 0.647. The summed E-state index contributed by atoms with van der Waals surface area (Å²) < 4.78 is 30.0. The summed E-state index contributed by atoms with van der Waals surface area (Å²) >= 11 is 6.07. The van der Waals surface area contributed by atoms with Gasteiger partial charge in [0.1, 0.15) is 0 Å². The van der Waals surface area contributed by atoms with E-state index in [1.807, 2.05) is 0 Å². The summed E-state index contributed by atoms with van der Waals surface area (Å²) in [6, 6.07) is 4.44. The molecule has 1 aromatic rings. The fraction of sp³-hybridized carbons (Fsp3) is 0.533. The number of morpholine rings is 1. The lowest BCUT2D eigenvalue weighted by molar-refractivity contribution is 0.0374. The molecule has 0 radical (unpaired) electrons. The van der Waals surface area contributed by atoms with E-state index in [2.05, 4.69) is 14.9 Å². The molecule has 0 aromatic heterocycles. The zero-order valence-corrected chi connectivity index (χ0v) is 15.1. The standard InChI is InChI=1S/C15H22ClN3O4S/c1-24(21,22)18-12-3-4-13(14(16)11-12)15(20)17-5-2-6-19-7-9-23-10-8-19/h3-4,11,18H,2,5-10H2,1H3,(H,17,20). The second kappa shape index (κ2) is 8.66. The Labute approximate surface area is 147 Å². The average Bonchev–Trinajstić information content (AvgIpc) is 2.51. The van der Waals surface area contributed by atoms with E-state index >= 15 is 0 Å². The lowest BCUT2D eigenvalue weighted by atomic mass is 10.2. The van der Waals surface area contributed by atoms with Crippen LogP contribution in [0.4, 0.5) is 5.69 Å². The Morgan fingerprint density at radius 2 is 2.04 bits per heavy atom. The molecule has 134 valence electrons. The number of halogens is 1. The third-order valence-electron chi connectivity index (χ3n) is 3.56. The number of sulfonamides is 1. The van der Waals surface area contributed by atoms with E-state index in [1.165, 1.54) is 18.2 Å². The Morgan fingerprint density at radius 3 is 2.67 bits per heavy atom. The highest BCUT2D eigenvalue weighted by atomic mass is 35.5. The molecule has 1 aliphatic rings. The molecule has 2 rings (SSSR count). The number of anilines is 1. The molecule has 0 saturated carbocycles. The second-order valence-corrected chi connectivity index (χ2v) is 7.79. The van der Waals surface area contributed by atoms with Crippen molar-refractivity contribution < 1.29 is 17.9 Å². The largest absolute Gasteiger partial charge is 0.379 e. The van der Waals surface area contributed by atoms with Crippen molar-refractivity contribution >= 4 is 33.2 Å². The summed E-state index contributed by atoms with van der Waals surface area (Å²) in [5, 5.41) is 3.03. The number of hydrogen-bond acceptors (Lipinski definition) is 5. The Kier molecular flexibility index (Phi) is 6.85. The van der Waals surface area contributed by atoms with Gasteiger partial charge in [-0.05, 0) is 31.2 Å². The fourth-order valence-electron chi connectivity index (χ4n) is 2.40. The minimum absolute atomic E-state index is 0.203. The van der Waals surface area contributed by atoms with Crippen molar-refractivity contribution in [1.82, 2.24) is 10.2 Å². The molecule has 1 heterocycles. The highest BCUT2D eigenvalue weighted by Gasteiger charge is 2.13. The van der Waals surface area contributed by atoms with Crippen LogP contribution >= 0.6 is 11.6 Å². The molecule has 0 spiro atoms. The number of amides is 1. The highest BCUT2D eigenvalue weighted by Crippen LogP contribution is 2.21. The molecule has 9 heteroatoms. The molecular weight excluding hydrogens is 354 g/mol. The van der Waals surface area contributed by atoms with Crippen molar-refractivity contribution in [2.45, 2.75) is 6.42 Å². The minimum Gasteiger partial charge on any atom is -0.379 e. The molecule has 7 nitrogen and oxygen atoms in total. The number of nitrogens with zero attached hydrogens (tertiary/aromatic N) is 1. The van der Waals surface area contributed by atoms with Crippen LogP contribution in [0.1, 0.15) is 16.8 Å². The number of rotatable bonds is 7. The van der Waals surface area contributed by atoms with Gasteiger partial charge >= 0.3 is 0 Å². The number of benzene rings is 1. The van der Waals surface area contributed by atoms with Gasteiger partial charge in [0.05, 0.1) is 30.1 Å². The number of ether oxygens (including phenoxy) is 1. The normalized spacial score (nSPS) is 15.9. The monoisotopic (exact) mass is 375 g/mol. The first-order valence-corrected chi connectivity index (χ1v) is 9.98. The van der Waals surface area contributed by atoms with Crippen LogP contribution in [0, 0.1) is 0 Å². The summed E-state index contributed by atoms with van der Waals surface area (Å²) in [4.78, 5) is 14.4. The number of nitrogens with one attached hydrogen (secondary N) is 2. The molecule has 1 saturated heterocycles. The van der Waals surface area contributed by atoms with Gasteiger partial charge in [0.15, 0.2) is 0 Å². The molecule has 0 aliphatic carbocycles. The second-order valence-electron chi connectivity index (χ2n) is 5.63. The molecule has 0 atom stereocenters. The van der Waals surface area contributed by atoms with Gasteiger partial charge in [0.2, 0.25) is 10.0 Å². The predicted octanol–water partition coefficient (Wildman–Crippen LogP) is 1.16. The van der Waals surface area contributed by atoms with Crippen molar-refractivity contribution in [3.05, 3.63) is 28.8 Å². The lowest BCUT2D eigenvalue weighted by Crippen LogP contribution is -2.38. The Hall–Kier alpha value is -1.35. The Morgan fingerprint density at radius 1 is 1.33 bits per heavy atom. The van der Waals surface area contributed by atoms with Crippen molar-refractivity contribution in [3.8, 4) is 0 Å². The van der Waals surface area contributed by atoms with Gasteiger partial charge in [-0.2, -0.15) is 0 Å². The summed E-state index contributed by atoms with van der Waals surface area (Å²) in [7, 11) is -3.38. The van der Waals surface area contributed by atoms with Gasteiger partial charge in [0, 0.05) is 25.3 Å². The van der Waals surface area contributed by atoms with Gasteiger partial charge < -0.3 is 10.1 Å². The van der Waals surface area contributed by atoms with Gasteiger partial charge in [-0.15, -0.1) is 0 Å². The van der Waals surface area contributed by atoms with Crippen LogP contribution in [0.5, 0.6) is 0 Å². The average molecular weight is 376 g/mol. The summed E-state index contributed by atoms with van der Waals surface area (Å²) in [5.74, 6) is -0.270. The Bertz CT molecular complexity index is 675. The summed E-state index contributed by atoms with van der Waals surface area (Å²) in [6.07, 6.45) is 1.90. The molecule has 1 aromatic carbocycles. The van der Waals surface area contributed by atoms with E-state index in [4.69, 9.17) is 16.3 Å². The zero-order chi connectivity index (χ0) is 17.6. The van der Waals surface area contributed by atoms with Crippen molar-refractivity contribution in [3.63, 3.8) is 0 Å². The summed E-state index contributed by atoms with van der Waals surface area (Å²) in [6.45, 7) is 4.83. The number of carbonyl (C=O) groups is 1. The van der Waals surface area contributed by atoms with E-state index in [0.717, 1.165) is 45.5 Å². The van der Waals surface area contributed by atoms with E-state index in [9.17, 15) is 13.2 Å². The van der Waals surface area contributed by atoms with Gasteiger partial charge in [0.25, 0.3) is 5.91 Å². The fourth-order valence-corrected chi connectivity index (χ4v) is 3.22. The van der Waals surface area contributed by atoms with Gasteiger partial charge in [-0.25, -0.2) is 8.42 Å². The maximum Gasteiger partial charge on any atom is 0.252 e. The first-order valence-electron chi connectivity index (χ1n) is 7.71. The van der Waals surface area contributed by atoms with Gasteiger partial charge in [-0.3, -0.25) is 14.4 Å². The van der Waals surface area contributed by atoms with E-state index < -0.39 is 10.0 Å². The number of carbonyl (C=O) groups excluding carboxylic acids is 1. The van der Waals surface area contributed by atoms with Crippen LogP contribution < -0.4 is 10.0 Å². The smallest absolute Gasteiger partial charge is 0.252 e. The SMILES string of the molecule is CS(=O)(=O)Nc1ccc(C(=O)NCCCN2CCOCC2)c(Cl)c1. The van der Waals surface area contributed by atoms with Gasteiger partial charge in [-0.1, -0.05) is 11.6 Å². The van der Waals surface area contributed by atoms with Crippen molar-refractivity contribution in [1.29, 1.82) is 0 Å². The minimum atomic E-state index is -3.38. The highest BCUT2D eigenvalue weighted by molar-refractivity contribution is 7.92. The van der Waals surface area contributed by atoms with E-state index in [0.29, 0.717) is 17.8 Å². The van der Waals surface area contributed by atoms with Crippen LogP contribution in [0.25, 0.3) is 0 Å².